The predicted octanol–water partition coefficient (Wildman–Crippen LogP) is 2.18. The van der Waals surface area contributed by atoms with Gasteiger partial charge in [-0.05, 0) is 76.6 Å². The Balaban J connectivity index is 1.95. The number of benzene rings is 1. The Morgan fingerprint density at radius 1 is 1.02 bits per heavy atom. The Kier molecular flexibility index (Phi) is 14.2. The average Bonchev–Trinajstić information content (AvgIpc) is 3.48. The number of sulfonamides is 1. The van der Waals surface area contributed by atoms with Crippen molar-refractivity contribution in [2.45, 2.75) is 114 Å². The normalized spacial score (nSPS) is 19.7. The average molecular weight is 704 g/mol. The van der Waals surface area contributed by atoms with Gasteiger partial charge in [-0.2, -0.15) is 0 Å². The van der Waals surface area contributed by atoms with Gasteiger partial charge < -0.3 is 31.5 Å². The highest BCUT2D eigenvalue weighted by molar-refractivity contribution is 7.89. The van der Waals surface area contributed by atoms with Crippen molar-refractivity contribution in [3.63, 3.8) is 0 Å². The zero-order valence-electron chi connectivity index (χ0n) is 29.3. The van der Waals surface area contributed by atoms with E-state index in [-0.39, 0.29) is 36.7 Å². The summed E-state index contributed by atoms with van der Waals surface area (Å²) in [5, 5.41) is 13.7. The van der Waals surface area contributed by atoms with Crippen LogP contribution in [-0.4, -0.2) is 92.7 Å². The number of carbonyl (C=O) groups excluding carboxylic acids is 5. The molecule has 272 valence electrons. The monoisotopic (exact) mass is 703 g/mol. The molecule has 1 aromatic carbocycles. The first-order chi connectivity index (χ1) is 23.1. The quantitative estimate of drug-likeness (QED) is 0.118. The molecule has 0 radical (unpaired) electrons. The van der Waals surface area contributed by atoms with Gasteiger partial charge in [0.05, 0.1) is 10.9 Å². The zero-order valence-corrected chi connectivity index (χ0v) is 30.1. The van der Waals surface area contributed by atoms with Gasteiger partial charge in [0.1, 0.15) is 12.1 Å². The Morgan fingerprint density at radius 3 is 2.24 bits per heavy atom. The first-order valence-corrected chi connectivity index (χ1v) is 18.5. The molecule has 4 atom stereocenters. The predicted molar refractivity (Wildman–Crippen MR) is 187 cm³/mol. The second kappa shape index (κ2) is 17.6. The van der Waals surface area contributed by atoms with Crippen molar-refractivity contribution in [1.29, 1.82) is 0 Å². The minimum absolute atomic E-state index is 0.0111. The lowest BCUT2D eigenvalue weighted by Gasteiger charge is -2.35. The van der Waals surface area contributed by atoms with Crippen LogP contribution in [0.3, 0.4) is 0 Å². The molecule has 2 fully saturated rings. The van der Waals surface area contributed by atoms with E-state index in [0.717, 1.165) is 24.9 Å². The molecular weight excluding hydrogens is 650 g/mol. The van der Waals surface area contributed by atoms with Crippen molar-refractivity contribution < 1.29 is 32.4 Å². The highest BCUT2D eigenvalue weighted by Crippen LogP contribution is 2.30. The van der Waals surface area contributed by atoms with Gasteiger partial charge in [-0.25, -0.2) is 17.9 Å². The Morgan fingerprint density at radius 2 is 1.67 bits per heavy atom. The Labute approximate surface area is 290 Å². The summed E-state index contributed by atoms with van der Waals surface area (Å²) >= 11 is 0. The van der Waals surface area contributed by atoms with Gasteiger partial charge in [0.15, 0.2) is 0 Å². The van der Waals surface area contributed by atoms with Crippen LogP contribution >= 0.6 is 0 Å². The molecule has 2 unspecified atom stereocenters. The number of nitrogens with one attached hydrogen (secondary N) is 6. The third kappa shape index (κ3) is 11.3. The van der Waals surface area contributed by atoms with E-state index in [1.807, 2.05) is 20.8 Å². The van der Waals surface area contributed by atoms with Crippen LogP contribution in [-0.2, 0) is 29.2 Å². The maximum Gasteiger partial charge on any atom is 0.315 e. The van der Waals surface area contributed by atoms with Crippen molar-refractivity contribution in [2.24, 2.45) is 5.92 Å². The first kappa shape index (κ1) is 39.5. The maximum absolute atomic E-state index is 14.5. The van der Waals surface area contributed by atoms with Crippen LogP contribution in [0, 0.1) is 5.92 Å². The maximum atomic E-state index is 14.5. The minimum atomic E-state index is -4.05. The van der Waals surface area contributed by atoms with Crippen molar-refractivity contribution in [3.8, 4) is 0 Å². The lowest BCUT2D eigenvalue weighted by atomic mass is 9.83. The molecule has 0 bridgehead atoms. The molecule has 6 N–H and O–H groups in total. The van der Waals surface area contributed by atoms with Gasteiger partial charge in [-0.3, -0.25) is 19.2 Å². The molecule has 0 aromatic heterocycles. The van der Waals surface area contributed by atoms with Crippen molar-refractivity contribution in [2.75, 3.05) is 25.5 Å². The number of rotatable bonds is 15. The minimum Gasteiger partial charge on any atom is -0.388 e. The van der Waals surface area contributed by atoms with Gasteiger partial charge in [-0.1, -0.05) is 38.7 Å². The highest BCUT2D eigenvalue weighted by Gasteiger charge is 2.46. The lowest BCUT2D eigenvalue weighted by molar-refractivity contribution is -0.143. The highest BCUT2D eigenvalue weighted by atomic mass is 32.2. The number of carbonyl (C=O) groups is 5. The van der Waals surface area contributed by atoms with Crippen LogP contribution in [0.2, 0.25) is 0 Å². The van der Waals surface area contributed by atoms with Gasteiger partial charge in [0.2, 0.25) is 27.6 Å². The molecule has 5 amide bonds. The molecule has 15 heteroatoms. The van der Waals surface area contributed by atoms with Crippen molar-refractivity contribution >= 4 is 45.2 Å². The molecule has 1 saturated heterocycles. The Bertz CT molecular complexity index is 1450. The van der Waals surface area contributed by atoms with Crippen molar-refractivity contribution in [3.05, 3.63) is 36.9 Å². The summed E-state index contributed by atoms with van der Waals surface area (Å²) in [4.78, 5) is 68.3. The molecular formula is C34H53N7O7S. The molecule has 49 heavy (non-hydrogen) atoms. The first-order valence-electron chi connectivity index (χ1n) is 17.0. The smallest absolute Gasteiger partial charge is 0.315 e. The molecule has 1 aliphatic heterocycles. The lowest BCUT2D eigenvalue weighted by Crippen LogP contribution is -2.60. The molecule has 14 nitrogen and oxygen atoms in total. The van der Waals surface area contributed by atoms with Gasteiger partial charge in [0, 0.05) is 37.4 Å². The summed E-state index contributed by atoms with van der Waals surface area (Å²) < 4.78 is 29.5. The molecule has 1 saturated carbocycles. The van der Waals surface area contributed by atoms with Crippen LogP contribution in [0.15, 0.2) is 41.8 Å². The number of urea groups is 1. The fourth-order valence-electron chi connectivity index (χ4n) is 6.28. The van der Waals surface area contributed by atoms with E-state index in [9.17, 15) is 32.4 Å². The second-order valence-corrected chi connectivity index (χ2v) is 15.5. The summed E-state index contributed by atoms with van der Waals surface area (Å²) in [6, 6.07) is 1.43. The molecule has 1 heterocycles. The number of hydrogen-bond donors (Lipinski definition) is 6. The summed E-state index contributed by atoms with van der Waals surface area (Å²) in [6.07, 6.45) is 6.14. The number of likely N-dealkylation sites (tertiary alicyclic amines) is 1. The molecule has 2 aliphatic rings. The van der Waals surface area contributed by atoms with E-state index in [1.165, 1.54) is 23.1 Å². The fourth-order valence-corrected chi connectivity index (χ4v) is 7.52. The van der Waals surface area contributed by atoms with Crippen molar-refractivity contribution in [1.82, 2.24) is 30.9 Å². The molecule has 1 aliphatic carbocycles. The van der Waals surface area contributed by atoms with Gasteiger partial charge in [0.25, 0.3) is 5.91 Å². The van der Waals surface area contributed by atoms with E-state index >= 15 is 0 Å². The largest absolute Gasteiger partial charge is 0.388 e. The molecule has 1 aromatic rings. The van der Waals surface area contributed by atoms with Gasteiger partial charge >= 0.3 is 6.03 Å². The number of ketones is 1. The van der Waals surface area contributed by atoms with Crippen LogP contribution in [0.1, 0.15) is 79.1 Å². The van der Waals surface area contributed by atoms with Gasteiger partial charge in [-0.15, -0.1) is 6.58 Å². The summed E-state index contributed by atoms with van der Waals surface area (Å²) in [5.74, 6) is -3.12. The molecule has 3 rings (SSSR count). The topological polar surface area (TPSA) is 195 Å². The third-order valence-electron chi connectivity index (χ3n) is 8.67. The number of hydrogen-bond acceptors (Lipinski definition) is 8. The fraction of sp³-hybridized carbons (Fsp3) is 0.618. The summed E-state index contributed by atoms with van der Waals surface area (Å²) in [6.45, 7) is 10.7. The van der Waals surface area contributed by atoms with Crippen LogP contribution in [0.4, 0.5) is 10.5 Å². The standard InChI is InChI=1S/C34H53N7O7S/c1-7-12-26(29(42)31(44)36-19-8-2)37-30(43)27-20-24(40-49(47,48)25-17-15-23(35-6)16-18-25)21-41(27)32(45)28(22-13-10-9-11-14-22)38-33(46)39-34(3,4)5/h8,15-18,22,24,26-28,35,40H,2,7,9-14,19-21H2,1,3-6H3,(H,36,44)(H,37,43)(H2,38,39,46)/t24?,26?,27-,28-/m0/s1. The summed E-state index contributed by atoms with van der Waals surface area (Å²) in [7, 11) is -2.34. The number of anilines is 1. The SMILES string of the molecule is C=CCNC(=O)C(=O)C(CCC)NC(=O)[C@@H]1CC(NS(=O)(=O)c2ccc(NC)cc2)CN1C(=O)[C@@H](NC(=O)NC(C)(C)C)C1CCCCC1. The number of amides is 5. The zero-order chi connectivity index (χ0) is 36.4. The van der Waals surface area contributed by atoms with Crippen LogP contribution in [0.25, 0.3) is 0 Å². The third-order valence-corrected chi connectivity index (χ3v) is 10.2. The second-order valence-electron chi connectivity index (χ2n) is 13.8. The van der Waals surface area contributed by atoms with E-state index in [2.05, 4.69) is 37.9 Å². The van der Waals surface area contributed by atoms with E-state index in [4.69, 9.17) is 0 Å². The van der Waals surface area contributed by atoms with E-state index in [1.54, 1.807) is 26.1 Å². The Hall–Kier alpha value is -3.98. The summed E-state index contributed by atoms with van der Waals surface area (Å²) in [5.41, 5.74) is 0.146. The number of nitrogens with zero attached hydrogens (tertiary/aromatic N) is 1. The van der Waals surface area contributed by atoms with E-state index < -0.39 is 69.3 Å². The molecule has 0 spiro atoms. The number of Topliss-reactive ketones (excluding diaryl/α,β-unsaturated/α-hetero) is 1. The van der Waals surface area contributed by atoms with Crippen LogP contribution in [0.5, 0.6) is 0 Å². The van der Waals surface area contributed by atoms with E-state index in [0.29, 0.717) is 19.3 Å². The van der Waals surface area contributed by atoms with Crippen LogP contribution < -0.4 is 31.3 Å².